The van der Waals surface area contributed by atoms with Crippen molar-refractivity contribution in [3.63, 3.8) is 0 Å². The van der Waals surface area contributed by atoms with Crippen LogP contribution in [0.15, 0.2) is 0 Å². The highest BCUT2D eigenvalue weighted by Gasteiger charge is 2.47. The summed E-state index contributed by atoms with van der Waals surface area (Å²) in [6, 6.07) is 0.425. The summed E-state index contributed by atoms with van der Waals surface area (Å²) < 4.78 is 11.7. The quantitative estimate of drug-likeness (QED) is 0.615. The zero-order valence-corrected chi connectivity index (χ0v) is 13.0. The van der Waals surface area contributed by atoms with Gasteiger partial charge in [-0.25, -0.2) is 0 Å². The summed E-state index contributed by atoms with van der Waals surface area (Å²) in [5.74, 6) is 7.28. The predicted octanol–water partition coefficient (Wildman–Crippen LogP) is 2.23. The topological polar surface area (TPSA) is 56.5 Å². The molecule has 0 aromatic heterocycles. The van der Waals surface area contributed by atoms with Gasteiger partial charge in [0, 0.05) is 25.7 Å². The van der Waals surface area contributed by atoms with E-state index in [0.29, 0.717) is 23.3 Å². The van der Waals surface area contributed by atoms with Gasteiger partial charge < -0.3 is 9.47 Å². The number of nitrogens with one attached hydrogen (secondary N) is 1. The van der Waals surface area contributed by atoms with Crippen LogP contribution in [0.25, 0.3) is 0 Å². The highest BCUT2D eigenvalue weighted by Crippen LogP contribution is 2.48. The Balaban J connectivity index is 1.72. The minimum absolute atomic E-state index is 0.0131. The number of hydrogen-bond acceptors (Lipinski definition) is 4. The van der Waals surface area contributed by atoms with Gasteiger partial charge in [0.1, 0.15) is 0 Å². The molecule has 0 amide bonds. The van der Waals surface area contributed by atoms with Crippen molar-refractivity contribution in [2.75, 3.05) is 19.8 Å². The summed E-state index contributed by atoms with van der Waals surface area (Å²) in [6.45, 7) is 7.29. The Morgan fingerprint density at radius 1 is 1.20 bits per heavy atom. The zero-order valence-electron chi connectivity index (χ0n) is 13.0. The van der Waals surface area contributed by atoms with Gasteiger partial charge in [-0.2, -0.15) is 0 Å². The van der Waals surface area contributed by atoms with Crippen molar-refractivity contribution < 1.29 is 9.47 Å². The second kappa shape index (κ2) is 5.56. The lowest BCUT2D eigenvalue weighted by molar-refractivity contribution is -0.108. The lowest BCUT2D eigenvalue weighted by Crippen LogP contribution is -2.53. The predicted molar refractivity (Wildman–Crippen MR) is 79.1 cm³/mol. The molecule has 4 atom stereocenters. The Bertz CT molecular complexity index is 339. The van der Waals surface area contributed by atoms with Crippen LogP contribution in [-0.2, 0) is 9.47 Å². The molecule has 4 heteroatoms. The maximum atomic E-state index is 6.07. The summed E-state index contributed by atoms with van der Waals surface area (Å²) >= 11 is 0. The lowest BCUT2D eigenvalue weighted by Gasteiger charge is -2.44. The molecule has 2 aliphatic heterocycles. The van der Waals surface area contributed by atoms with Crippen LogP contribution in [0.5, 0.6) is 0 Å². The summed E-state index contributed by atoms with van der Waals surface area (Å²) in [5, 5.41) is 0. The Morgan fingerprint density at radius 2 is 2.05 bits per heavy atom. The van der Waals surface area contributed by atoms with Gasteiger partial charge in [0.25, 0.3) is 0 Å². The van der Waals surface area contributed by atoms with Gasteiger partial charge in [0.05, 0.1) is 12.2 Å². The fourth-order valence-electron chi connectivity index (χ4n) is 4.84. The van der Waals surface area contributed by atoms with Crippen LogP contribution >= 0.6 is 0 Å². The molecule has 4 nitrogen and oxygen atoms in total. The molecule has 0 bridgehead atoms. The van der Waals surface area contributed by atoms with E-state index in [1.54, 1.807) is 0 Å². The number of ether oxygens (including phenoxy) is 2. The number of hydrogen-bond donors (Lipinski definition) is 2. The molecule has 0 radical (unpaired) electrons. The van der Waals surface area contributed by atoms with Crippen LogP contribution in [0.2, 0.25) is 0 Å². The third-order valence-corrected chi connectivity index (χ3v) is 6.07. The third kappa shape index (κ3) is 2.63. The van der Waals surface area contributed by atoms with Gasteiger partial charge in [-0.15, -0.1) is 0 Å². The van der Waals surface area contributed by atoms with E-state index in [1.807, 2.05) is 0 Å². The minimum Gasteiger partial charge on any atom is -0.378 e. The van der Waals surface area contributed by atoms with E-state index in [0.717, 1.165) is 39.1 Å². The Kier molecular flexibility index (Phi) is 4.10. The Hall–Kier alpha value is -0.160. The molecule has 116 valence electrons. The molecule has 1 aliphatic carbocycles. The molecule has 2 saturated heterocycles. The molecule has 3 rings (SSSR count). The van der Waals surface area contributed by atoms with Crippen molar-refractivity contribution >= 4 is 0 Å². The van der Waals surface area contributed by atoms with E-state index >= 15 is 0 Å². The van der Waals surface area contributed by atoms with Crippen LogP contribution in [0.4, 0.5) is 0 Å². The van der Waals surface area contributed by atoms with E-state index < -0.39 is 0 Å². The summed E-state index contributed by atoms with van der Waals surface area (Å²) in [6.07, 6.45) is 7.26. The molecule has 3 fully saturated rings. The lowest BCUT2D eigenvalue weighted by atomic mass is 9.70. The van der Waals surface area contributed by atoms with E-state index in [2.05, 4.69) is 19.3 Å². The molecule has 3 N–H and O–H groups in total. The zero-order chi connectivity index (χ0) is 14.2. The van der Waals surface area contributed by atoms with E-state index in [-0.39, 0.29) is 5.60 Å². The van der Waals surface area contributed by atoms with Crippen LogP contribution in [0, 0.1) is 17.3 Å². The molecule has 0 aromatic rings. The average Bonchev–Trinajstić information content (AvgIpc) is 2.99. The van der Waals surface area contributed by atoms with E-state index in [4.69, 9.17) is 15.3 Å². The van der Waals surface area contributed by atoms with Crippen molar-refractivity contribution in [2.45, 2.75) is 64.0 Å². The van der Waals surface area contributed by atoms with Crippen molar-refractivity contribution in [1.29, 1.82) is 0 Å². The van der Waals surface area contributed by atoms with Crippen molar-refractivity contribution in [2.24, 2.45) is 23.1 Å². The van der Waals surface area contributed by atoms with Crippen LogP contribution in [0.1, 0.15) is 52.4 Å². The summed E-state index contributed by atoms with van der Waals surface area (Å²) in [5.41, 5.74) is 3.58. The standard InChI is InChI=1S/C16H30N2O2/c1-15(2)6-3-4-13(15)14(18-17)12-5-8-20-16(10-12)7-9-19-11-16/h12-14,18H,3-11,17H2,1-2H3. The second-order valence-corrected chi connectivity index (χ2v) is 7.77. The second-order valence-electron chi connectivity index (χ2n) is 7.77. The smallest absolute Gasteiger partial charge is 0.0939 e. The van der Waals surface area contributed by atoms with Gasteiger partial charge in [-0.1, -0.05) is 20.3 Å². The first-order valence-electron chi connectivity index (χ1n) is 8.24. The molecular formula is C16H30N2O2. The first-order chi connectivity index (χ1) is 9.56. The minimum atomic E-state index is -0.0131. The van der Waals surface area contributed by atoms with Gasteiger partial charge in [0.15, 0.2) is 0 Å². The Morgan fingerprint density at radius 3 is 2.65 bits per heavy atom. The Labute approximate surface area is 122 Å². The largest absolute Gasteiger partial charge is 0.378 e. The molecule has 4 unspecified atom stereocenters. The van der Waals surface area contributed by atoms with Gasteiger partial charge in [0.2, 0.25) is 0 Å². The van der Waals surface area contributed by atoms with Gasteiger partial charge in [-0.05, 0) is 42.9 Å². The molecule has 0 aromatic carbocycles. The maximum absolute atomic E-state index is 6.07. The molecule has 3 aliphatic rings. The summed E-state index contributed by atoms with van der Waals surface area (Å²) in [4.78, 5) is 0. The molecular weight excluding hydrogens is 252 g/mol. The van der Waals surface area contributed by atoms with Crippen molar-refractivity contribution in [1.82, 2.24) is 5.43 Å². The average molecular weight is 282 g/mol. The number of nitrogens with two attached hydrogens (primary N) is 1. The SMILES string of the molecule is CC1(C)CCCC1C(NN)C1CCOC2(CCOC2)C1. The highest BCUT2D eigenvalue weighted by molar-refractivity contribution is 4.99. The molecule has 2 heterocycles. The van der Waals surface area contributed by atoms with Gasteiger partial charge in [-0.3, -0.25) is 11.3 Å². The van der Waals surface area contributed by atoms with Crippen molar-refractivity contribution in [3.05, 3.63) is 0 Å². The monoisotopic (exact) mass is 282 g/mol. The normalized spacial score (nSPS) is 42.1. The fourth-order valence-corrected chi connectivity index (χ4v) is 4.84. The summed E-state index contributed by atoms with van der Waals surface area (Å²) in [7, 11) is 0. The highest BCUT2D eigenvalue weighted by atomic mass is 16.6. The maximum Gasteiger partial charge on any atom is 0.0939 e. The number of hydrazine groups is 1. The van der Waals surface area contributed by atoms with Gasteiger partial charge >= 0.3 is 0 Å². The van der Waals surface area contributed by atoms with Crippen LogP contribution in [0.3, 0.4) is 0 Å². The first kappa shape index (κ1) is 14.8. The van der Waals surface area contributed by atoms with E-state index in [1.165, 1.54) is 19.3 Å². The van der Waals surface area contributed by atoms with Crippen molar-refractivity contribution in [3.8, 4) is 0 Å². The molecule has 20 heavy (non-hydrogen) atoms. The molecule has 1 saturated carbocycles. The van der Waals surface area contributed by atoms with Crippen LogP contribution < -0.4 is 11.3 Å². The third-order valence-electron chi connectivity index (χ3n) is 6.07. The number of rotatable bonds is 3. The first-order valence-corrected chi connectivity index (χ1v) is 8.24. The van der Waals surface area contributed by atoms with Crippen LogP contribution in [-0.4, -0.2) is 31.5 Å². The van der Waals surface area contributed by atoms with E-state index in [9.17, 15) is 0 Å². The molecule has 1 spiro atoms. The fraction of sp³-hybridized carbons (Fsp3) is 1.00.